The van der Waals surface area contributed by atoms with Gasteiger partial charge in [-0.3, -0.25) is 19.4 Å². The molecular formula is C22H32N6O2. The summed E-state index contributed by atoms with van der Waals surface area (Å²) in [5.74, 6) is 0.517. The van der Waals surface area contributed by atoms with Gasteiger partial charge in [-0.05, 0) is 39.8 Å². The Balaban J connectivity index is 1.45. The van der Waals surface area contributed by atoms with Crippen molar-refractivity contribution in [2.45, 2.75) is 33.2 Å². The first-order valence-electron chi connectivity index (χ1n) is 10.4. The highest BCUT2D eigenvalue weighted by Gasteiger charge is 2.22. The van der Waals surface area contributed by atoms with Gasteiger partial charge in [-0.2, -0.15) is 0 Å². The maximum atomic E-state index is 12.5. The van der Waals surface area contributed by atoms with Crippen LogP contribution in [0.1, 0.15) is 26.5 Å². The number of benzene rings is 1. The van der Waals surface area contributed by atoms with Gasteiger partial charge in [-0.1, -0.05) is 18.2 Å². The fraction of sp³-hybridized carbons (Fsp3) is 0.500. The summed E-state index contributed by atoms with van der Waals surface area (Å²) in [6, 6.07) is 11.7. The molecule has 0 aliphatic carbocycles. The molecule has 1 aromatic heterocycles. The molecule has 1 aliphatic rings. The third kappa shape index (κ3) is 6.40. The number of piperazine rings is 1. The minimum absolute atomic E-state index is 0.0399. The van der Waals surface area contributed by atoms with E-state index in [1.165, 1.54) is 0 Å². The van der Waals surface area contributed by atoms with Crippen molar-refractivity contribution in [3.8, 4) is 5.69 Å². The Labute approximate surface area is 178 Å². The number of nitrogens with one attached hydrogen (secondary N) is 2. The number of hydrogen-bond donors (Lipinski definition) is 2. The van der Waals surface area contributed by atoms with Gasteiger partial charge in [-0.15, -0.1) is 5.10 Å². The second-order valence-electron chi connectivity index (χ2n) is 8.82. The number of para-hydroxylation sites is 1. The van der Waals surface area contributed by atoms with Crippen LogP contribution in [0.3, 0.4) is 0 Å². The molecule has 0 radical (unpaired) electrons. The summed E-state index contributed by atoms with van der Waals surface area (Å²) in [7, 11) is 0. The molecule has 0 saturated carbocycles. The van der Waals surface area contributed by atoms with Crippen LogP contribution in [0.4, 0.5) is 5.82 Å². The van der Waals surface area contributed by atoms with Gasteiger partial charge in [0.15, 0.2) is 5.82 Å². The van der Waals surface area contributed by atoms with Crippen LogP contribution >= 0.6 is 0 Å². The first kappa shape index (κ1) is 22.0. The number of carbonyl (C=O) groups excluding carboxylic acids is 2. The monoisotopic (exact) mass is 412 g/mol. The highest BCUT2D eigenvalue weighted by Crippen LogP contribution is 2.15. The zero-order valence-electron chi connectivity index (χ0n) is 18.3. The number of aryl methyl sites for hydroxylation is 1. The van der Waals surface area contributed by atoms with E-state index in [9.17, 15) is 9.59 Å². The summed E-state index contributed by atoms with van der Waals surface area (Å²) in [6.07, 6.45) is 0. The van der Waals surface area contributed by atoms with Gasteiger partial charge in [-0.25, -0.2) is 4.68 Å². The van der Waals surface area contributed by atoms with E-state index in [1.807, 2.05) is 68.8 Å². The zero-order chi connectivity index (χ0) is 21.7. The molecule has 8 heteroatoms. The van der Waals surface area contributed by atoms with Gasteiger partial charge in [0.2, 0.25) is 11.8 Å². The van der Waals surface area contributed by atoms with Crippen molar-refractivity contribution < 1.29 is 9.59 Å². The Hall–Kier alpha value is -2.71. The van der Waals surface area contributed by atoms with Crippen LogP contribution in [-0.4, -0.2) is 76.2 Å². The number of aromatic nitrogens is 2. The van der Waals surface area contributed by atoms with Crippen LogP contribution in [-0.2, 0) is 9.59 Å². The topological polar surface area (TPSA) is 82.5 Å². The lowest BCUT2D eigenvalue weighted by Crippen LogP contribution is -2.52. The third-order valence-electron chi connectivity index (χ3n) is 4.87. The predicted molar refractivity (Wildman–Crippen MR) is 118 cm³/mol. The van der Waals surface area contributed by atoms with E-state index in [-0.39, 0.29) is 17.4 Å². The van der Waals surface area contributed by atoms with Crippen LogP contribution < -0.4 is 10.6 Å². The molecule has 1 saturated heterocycles. The largest absolute Gasteiger partial charge is 0.350 e. The Bertz CT molecular complexity index is 863. The molecule has 2 amide bonds. The fourth-order valence-electron chi connectivity index (χ4n) is 3.52. The molecule has 8 nitrogen and oxygen atoms in total. The molecule has 0 bridgehead atoms. The van der Waals surface area contributed by atoms with Gasteiger partial charge in [0.1, 0.15) is 0 Å². The Morgan fingerprint density at radius 3 is 2.10 bits per heavy atom. The van der Waals surface area contributed by atoms with E-state index in [0.29, 0.717) is 18.9 Å². The highest BCUT2D eigenvalue weighted by molar-refractivity contribution is 5.91. The minimum atomic E-state index is -0.219. The van der Waals surface area contributed by atoms with Gasteiger partial charge < -0.3 is 10.6 Å². The molecule has 3 rings (SSSR count). The van der Waals surface area contributed by atoms with Crippen LogP contribution in [0.2, 0.25) is 0 Å². The van der Waals surface area contributed by atoms with Crippen LogP contribution in [0.25, 0.3) is 5.69 Å². The quantitative estimate of drug-likeness (QED) is 0.754. The lowest BCUT2D eigenvalue weighted by molar-refractivity contribution is -0.124. The molecule has 30 heavy (non-hydrogen) atoms. The molecular weight excluding hydrogens is 380 g/mol. The fourth-order valence-corrected chi connectivity index (χ4v) is 3.52. The van der Waals surface area contributed by atoms with Crippen LogP contribution in [0, 0.1) is 6.92 Å². The highest BCUT2D eigenvalue weighted by atomic mass is 16.2. The average Bonchev–Trinajstić information content (AvgIpc) is 3.02. The zero-order valence-corrected chi connectivity index (χ0v) is 18.3. The van der Waals surface area contributed by atoms with E-state index < -0.39 is 0 Å². The first-order valence-corrected chi connectivity index (χ1v) is 10.4. The van der Waals surface area contributed by atoms with Crippen molar-refractivity contribution in [1.29, 1.82) is 0 Å². The van der Waals surface area contributed by atoms with Crippen molar-refractivity contribution in [1.82, 2.24) is 24.9 Å². The second-order valence-corrected chi connectivity index (χ2v) is 8.82. The van der Waals surface area contributed by atoms with Crippen molar-refractivity contribution in [2.75, 3.05) is 44.6 Å². The molecule has 0 unspecified atom stereocenters. The molecule has 1 fully saturated rings. The summed E-state index contributed by atoms with van der Waals surface area (Å²) in [6.45, 7) is 11.7. The number of rotatable bonds is 6. The van der Waals surface area contributed by atoms with E-state index in [0.717, 1.165) is 37.6 Å². The average molecular weight is 413 g/mol. The predicted octanol–water partition coefficient (Wildman–Crippen LogP) is 1.65. The summed E-state index contributed by atoms with van der Waals surface area (Å²) >= 11 is 0. The van der Waals surface area contributed by atoms with Crippen molar-refractivity contribution in [3.63, 3.8) is 0 Å². The molecule has 162 valence electrons. The van der Waals surface area contributed by atoms with Gasteiger partial charge in [0.25, 0.3) is 0 Å². The summed E-state index contributed by atoms with van der Waals surface area (Å²) in [4.78, 5) is 28.8. The lowest BCUT2D eigenvalue weighted by atomic mass is 10.1. The number of amides is 2. The van der Waals surface area contributed by atoms with Gasteiger partial charge in [0.05, 0.1) is 18.8 Å². The van der Waals surface area contributed by atoms with Crippen LogP contribution in [0.15, 0.2) is 36.4 Å². The molecule has 0 spiro atoms. The molecule has 2 aromatic rings. The first-order chi connectivity index (χ1) is 14.2. The SMILES string of the molecule is Cc1cc(NC(=O)CN2CCN(CC(=O)NC(C)(C)C)CC2)nn1-c1ccccc1. The summed E-state index contributed by atoms with van der Waals surface area (Å²) in [5.41, 5.74) is 1.70. The van der Waals surface area contributed by atoms with E-state index in [1.54, 1.807) is 0 Å². The van der Waals surface area contributed by atoms with Crippen LogP contribution in [0.5, 0.6) is 0 Å². The molecule has 1 aromatic carbocycles. The van der Waals surface area contributed by atoms with E-state index in [2.05, 4.69) is 25.5 Å². The third-order valence-corrected chi connectivity index (χ3v) is 4.87. The molecule has 2 heterocycles. The summed E-state index contributed by atoms with van der Waals surface area (Å²) in [5, 5.41) is 10.4. The maximum Gasteiger partial charge on any atom is 0.239 e. The smallest absolute Gasteiger partial charge is 0.239 e. The van der Waals surface area contributed by atoms with Crippen molar-refractivity contribution in [3.05, 3.63) is 42.1 Å². The number of nitrogens with zero attached hydrogens (tertiary/aromatic N) is 4. The van der Waals surface area contributed by atoms with Crippen molar-refractivity contribution >= 4 is 17.6 Å². The molecule has 1 aliphatic heterocycles. The maximum absolute atomic E-state index is 12.5. The molecule has 2 N–H and O–H groups in total. The normalized spacial score (nSPS) is 15.7. The summed E-state index contributed by atoms with van der Waals surface area (Å²) < 4.78 is 1.82. The lowest BCUT2D eigenvalue weighted by Gasteiger charge is -2.34. The van der Waals surface area contributed by atoms with E-state index >= 15 is 0 Å². The Morgan fingerprint density at radius 2 is 1.53 bits per heavy atom. The van der Waals surface area contributed by atoms with Crippen molar-refractivity contribution in [2.24, 2.45) is 0 Å². The van der Waals surface area contributed by atoms with E-state index in [4.69, 9.17) is 0 Å². The number of hydrogen-bond acceptors (Lipinski definition) is 5. The number of carbonyl (C=O) groups is 2. The molecule has 0 atom stereocenters. The Kier molecular flexibility index (Phi) is 6.89. The Morgan fingerprint density at radius 1 is 0.967 bits per heavy atom. The second kappa shape index (κ2) is 9.40. The number of anilines is 1. The standard InChI is InChI=1S/C22H32N6O2/c1-17-14-19(25-28(17)18-8-6-5-7-9-18)23-20(29)15-26-10-12-27(13-11-26)16-21(30)24-22(2,3)4/h5-9,14H,10-13,15-16H2,1-4H3,(H,24,30)(H,23,25,29). The van der Waals surface area contributed by atoms with Gasteiger partial charge >= 0.3 is 0 Å². The minimum Gasteiger partial charge on any atom is -0.350 e. The van der Waals surface area contributed by atoms with Gasteiger partial charge in [0, 0.05) is 43.5 Å².